The Morgan fingerprint density at radius 1 is 1.15 bits per heavy atom. The Hall–Kier alpha value is -2.05. The van der Waals surface area contributed by atoms with Crippen LogP contribution >= 0.6 is 11.6 Å². The van der Waals surface area contributed by atoms with Crippen molar-refractivity contribution < 1.29 is 17.9 Å². The van der Waals surface area contributed by atoms with Crippen LogP contribution in [0.1, 0.15) is 27.6 Å². The standard InChI is InChI=1S/C19H20ClNO4S/c1-25-17-8-7-15(20)13-16(17)19(22)21-10-9-18(26(23,24)12-11-21)14-5-3-2-4-6-14/h2-8,13,18H,9-12H2,1H3. The molecule has 0 N–H and O–H groups in total. The summed E-state index contributed by atoms with van der Waals surface area (Å²) in [4.78, 5) is 14.5. The summed E-state index contributed by atoms with van der Waals surface area (Å²) in [5.41, 5.74) is 1.11. The van der Waals surface area contributed by atoms with Crippen molar-refractivity contribution in [3.63, 3.8) is 0 Å². The van der Waals surface area contributed by atoms with Gasteiger partial charge in [-0.05, 0) is 30.2 Å². The number of benzene rings is 2. The molecule has 0 bridgehead atoms. The number of hydrogen-bond acceptors (Lipinski definition) is 4. The van der Waals surface area contributed by atoms with E-state index in [1.807, 2.05) is 30.3 Å². The summed E-state index contributed by atoms with van der Waals surface area (Å²) in [6.45, 7) is 0.507. The first-order chi connectivity index (χ1) is 12.4. The highest BCUT2D eigenvalue weighted by molar-refractivity contribution is 7.91. The van der Waals surface area contributed by atoms with Gasteiger partial charge in [0.05, 0.1) is 23.7 Å². The third-order valence-electron chi connectivity index (χ3n) is 4.59. The van der Waals surface area contributed by atoms with Gasteiger partial charge in [0.15, 0.2) is 9.84 Å². The summed E-state index contributed by atoms with van der Waals surface area (Å²) in [7, 11) is -1.85. The minimum Gasteiger partial charge on any atom is -0.496 e. The van der Waals surface area contributed by atoms with Gasteiger partial charge in [0, 0.05) is 18.1 Å². The predicted molar refractivity (Wildman–Crippen MR) is 101 cm³/mol. The molecule has 2 aromatic rings. The van der Waals surface area contributed by atoms with Gasteiger partial charge in [0.2, 0.25) is 0 Å². The fourth-order valence-corrected chi connectivity index (χ4v) is 5.17. The van der Waals surface area contributed by atoms with Crippen LogP contribution in [0, 0.1) is 0 Å². The van der Waals surface area contributed by atoms with E-state index in [1.54, 1.807) is 23.1 Å². The lowest BCUT2D eigenvalue weighted by atomic mass is 10.1. The lowest BCUT2D eigenvalue weighted by molar-refractivity contribution is 0.0763. The first-order valence-corrected chi connectivity index (χ1v) is 10.4. The van der Waals surface area contributed by atoms with Gasteiger partial charge in [-0.3, -0.25) is 4.79 Å². The molecule has 1 saturated heterocycles. The fourth-order valence-electron chi connectivity index (χ4n) is 3.21. The van der Waals surface area contributed by atoms with Crippen LogP contribution in [0.2, 0.25) is 5.02 Å². The van der Waals surface area contributed by atoms with E-state index in [1.165, 1.54) is 7.11 Å². The lowest BCUT2D eigenvalue weighted by Gasteiger charge is -2.21. The molecule has 1 fully saturated rings. The van der Waals surface area contributed by atoms with E-state index in [0.29, 0.717) is 29.3 Å². The zero-order chi connectivity index (χ0) is 18.7. The Kier molecular flexibility index (Phi) is 5.53. The second-order valence-electron chi connectivity index (χ2n) is 6.19. The van der Waals surface area contributed by atoms with Gasteiger partial charge in [0.1, 0.15) is 5.75 Å². The molecule has 0 spiro atoms. The summed E-state index contributed by atoms with van der Waals surface area (Å²) in [5.74, 6) is 0.0839. The number of carbonyl (C=O) groups excluding carboxylic acids is 1. The second kappa shape index (κ2) is 7.68. The predicted octanol–water partition coefficient (Wildman–Crippen LogP) is 3.35. The molecule has 138 valence electrons. The number of hydrogen-bond donors (Lipinski definition) is 0. The molecule has 26 heavy (non-hydrogen) atoms. The molecule has 0 aliphatic carbocycles. The third-order valence-corrected chi connectivity index (χ3v) is 6.95. The molecule has 1 atom stereocenters. The molecule has 1 unspecified atom stereocenters. The van der Waals surface area contributed by atoms with E-state index < -0.39 is 15.1 Å². The van der Waals surface area contributed by atoms with Crippen molar-refractivity contribution in [1.29, 1.82) is 0 Å². The first kappa shape index (κ1) is 18.7. The van der Waals surface area contributed by atoms with E-state index in [0.717, 1.165) is 5.56 Å². The molecule has 1 aliphatic rings. The summed E-state index contributed by atoms with van der Waals surface area (Å²) >= 11 is 6.02. The summed E-state index contributed by atoms with van der Waals surface area (Å²) in [5, 5.41) is -0.165. The molecular weight excluding hydrogens is 374 g/mol. The monoisotopic (exact) mass is 393 g/mol. The van der Waals surface area contributed by atoms with Gasteiger partial charge >= 0.3 is 0 Å². The maximum absolute atomic E-state index is 12.9. The van der Waals surface area contributed by atoms with E-state index in [4.69, 9.17) is 16.3 Å². The van der Waals surface area contributed by atoms with Crippen molar-refractivity contribution in [2.45, 2.75) is 11.7 Å². The van der Waals surface area contributed by atoms with E-state index >= 15 is 0 Å². The molecule has 1 amide bonds. The average Bonchev–Trinajstić information content (AvgIpc) is 2.80. The van der Waals surface area contributed by atoms with E-state index in [2.05, 4.69) is 0 Å². The van der Waals surface area contributed by atoms with Crippen molar-refractivity contribution in [2.24, 2.45) is 0 Å². The molecule has 0 saturated carbocycles. The number of methoxy groups -OCH3 is 1. The minimum absolute atomic E-state index is 0.0683. The Morgan fingerprint density at radius 2 is 1.88 bits per heavy atom. The number of rotatable bonds is 3. The fraction of sp³-hybridized carbons (Fsp3) is 0.316. The average molecular weight is 394 g/mol. The summed E-state index contributed by atoms with van der Waals surface area (Å²) < 4.78 is 30.7. The van der Waals surface area contributed by atoms with Crippen LogP contribution in [0.3, 0.4) is 0 Å². The van der Waals surface area contributed by atoms with Crippen molar-refractivity contribution >= 4 is 27.3 Å². The van der Waals surface area contributed by atoms with Gasteiger partial charge in [-0.25, -0.2) is 8.42 Å². The van der Waals surface area contributed by atoms with E-state index in [-0.39, 0.29) is 18.2 Å². The lowest BCUT2D eigenvalue weighted by Crippen LogP contribution is -2.33. The molecule has 2 aromatic carbocycles. The molecule has 7 heteroatoms. The minimum atomic E-state index is -3.34. The number of sulfone groups is 1. The number of carbonyl (C=O) groups is 1. The molecule has 1 aliphatic heterocycles. The quantitative estimate of drug-likeness (QED) is 0.802. The largest absolute Gasteiger partial charge is 0.496 e. The normalized spacial score (nSPS) is 19.6. The number of ether oxygens (including phenoxy) is 1. The third kappa shape index (κ3) is 3.86. The van der Waals surface area contributed by atoms with E-state index in [9.17, 15) is 13.2 Å². The van der Waals surface area contributed by atoms with Gasteiger partial charge in [0.25, 0.3) is 5.91 Å². The van der Waals surface area contributed by atoms with Crippen LogP contribution in [-0.4, -0.2) is 45.2 Å². The zero-order valence-electron chi connectivity index (χ0n) is 14.4. The summed E-state index contributed by atoms with van der Waals surface area (Å²) in [6.07, 6.45) is 0.362. The topological polar surface area (TPSA) is 63.7 Å². The van der Waals surface area contributed by atoms with Gasteiger partial charge < -0.3 is 9.64 Å². The highest BCUT2D eigenvalue weighted by atomic mass is 35.5. The SMILES string of the molecule is COc1ccc(Cl)cc1C(=O)N1CCC(c2ccccc2)S(=O)(=O)CC1. The first-order valence-electron chi connectivity index (χ1n) is 8.31. The zero-order valence-corrected chi connectivity index (χ0v) is 16.0. The van der Waals surface area contributed by atoms with Crippen LogP contribution in [0.5, 0.6) is 5.75 Å². The Bertz CT molecular complexity index is 899. The van der Waals surface area contributed by atoms with Crippen molar-refractivity contribution in [3.8, 4) is 5.75 Å². The number of nitrogens with zero attached hydrogens (tertiary/aromatic N) is 1. The van der Waals surface area contributed by atoms with Crippen LogP contribution in [0.15, 0.2) is 48.5 Å². The second-order valence-corrected chi connectivity index (χ2v) is 8.93. The highest BCUT2D eigenvalue weighted by Gasteiger charge is 2.33. The van der Waals surface area contributed by atoms with Crippen molar-refractivity contribution in [2.75, 3.05) is 26.0 Å². The Labute approximate surface area is 158 Å². The van der Waals surface area contributed by atoms with Crippen LogP contribution in [0.4, 0.5) is 0 Å². The Morgan fingerprint density at radius 3 is 2.58 bits per heavy atom. The molecular formula is C19H20ClNO4S. The molecule has 0 aromatic heterocycles. The van der Waals surface area contributed by atoms with Crippen LogP contribution < -0.4 is 4.74 Å². The Balaban J connectivity index is 1.86. The molecule has 3 rings (SSSR count). The molecule has 0 radical (unpaired) electrons. The maximum atomic E-state index is 12.9. The van der Waals surface area contributed by atoms with Crippen molar-refractivity contribution in [1.82, 2.24) is 4.90 Å². The molecule has 1 heterocycles. The number of amides is 1. The van der Waals surface area contributed by atoms with Gasteiger partial charge in [-0.15, -0.1) is 0 Å². The smallest absolute Gasteiger partial charge is 0.257 e. The van der Waals surface area contributed by atoms with Crippen LogP contribution in [-0.2, 0) is 9.84 Å². The molecule has 5 nitrogen and oxygen atoms in total. The number of halogens is 1. The highest BCUT2D eigenvalue weighted by Crippen LogP contribution is 2.31. The maximum Gasteiger partial charge on any atom is 0.257 e. The van der Waals surface area contributed by atoms with Gasteiger partial charge in [-0.2, -0.15) is 0 Å². The summed E-state index contributed by atoms with van der Waals surface area (Å²) in [6, 6.07) is 14.0. The van der Waals surface area contributed by atoms with Crippen LogP contribution in [0.25, 0.3) is 0 Å². The van der Waals surface area contributed by atoms with Crippen molar-refractivity contribution in [3.05, 3.63) is 64.7 Å². The van der Waals surface area contributed by atoms with Gasteiger partial charge in [-0.1, -0.05) is 41.9 Å².